The molecule has 1 aromatic carbocycles. The predicted molar refractivity (Wildman–Crippen MR) is 64.8 cm³/mol. The molecule has 0 atom stereocenters. The smallest absolute Gasteiger partial charge is 0.322 e. The number of nitrogens with zero attached hydrogens (tertiary/aromatic N) is 2. The molecule has 22 heavy (non-hydrogen) atoms. The van der Waals surface area contributed by atoms with Crippen LogP contribution in [0.1, 0.15) is 0 Å². The SMILES string of the molecule is CN1C(=O)C(=O)N(CC(=O)Nc2ccc(F)c(F)c2F)C1=O. The van der Waals surface area contributed by atoms with Crippen molar-refractivity contribution >= 4 is 29.4 Å². The van der Waals surface area contributed by atoms with Crippen LogP contribution in [0.15, 0.2) is 12.1 Å². The fourth-order valence-corrected chi connectivity index (χ4v) is 1.71. The summed E-state index contributed by atoms with van der Waals surface area (Å²) >= 11 is 0. The van der Waals surface area contributed by atoms with E-state index in [0.29, 0.717) is 15.9 Å². The van der Waals surface area contributed by atoms with Gasteiger partial charge in [-0.25, -0.2) is 22.9 Å². The van der Waals surface area contributed by atoms with E-state index in [-0.39, 0.29) is 0 Å². The molecule has 1 aliphatic heterocycles. The standard InChI is InChI=1S/C12H8F3N3O4/c1-17-10(20)11(21)18(12(17)22)4-7(19)16-6-3-2-5(13)8(14)9(6)15/h2-3H,4H2,1H3,(H,16,19). The van der Waals surface area contributed by atoms with Gasteiger partial charge in [-0.05, 0) is 12.1 Å². The van der Waals surface area contributed by atoms with Gasteiger partial charge in [0.1, 0.15) is 6.54 Å². The van der Waals surface area contributed by atoms with Crippen molar-refractivity contribution in [2.75, 3.05) is 18.9 Å². The highest BCUT2D eigenvalue weighted by atomic mass is 19.2. The molecule has 1 aromatic rings. The van der Waals surface area contributed by atoms with E-state index in [1.165, 1.54) is 0 Å². The molecule has 2 rings (SSSR count). The molecule has 0 saturated carbocycles. The molecule has 1 N–H and O–H groups in total. The second-order valence-electron chi connectivity index (χ2n) is 4.31. The topological polar surface area (TPSA) is 86.8 Å². The zero-order valence-corrected chi connectivity index (χ0v) is 11.0. The van der Waals surface area contributed by atoms with E-state index in [1.54, 1.807) is 0 Å². The Labute approximate surface area is 121 Å². The third-order valence-corrected chi connectivity index (χ3v) is 2.86. The third-order valence-electron chi connectivity index (χ3n) is 2.86. The minimum absolute atomic E-state index is 0.343. The number of likely N-dealkylation sites (N-methyl/N-ethyl adjacent to an activating group) is 1. The summed E-state index contributed by atoms with van der Waals surface area (Å²) in [5, 5.41) is 1.88. The quantitative estimate of drug-likeness (QED) is 0.499. The predicted octanol–water partition coefficient (Wildman–Crippen LogP) is 0.463. The van der Waals surface area contributed by atoms with Crippen LogP contribution in [-0.2, 0) is 14.4 Å². The summed E-state index contributed by atoms with van der Waals surface area (Å²) in [5.41, 5.74) is -0.664. The number of urea groups is 1. The largest absolute Gasteiger partial charge is 0.334 e. The monoisotopic (exact) mass is 315 g/mol. The minimum Gasteiger partial charge on any atom is -0.322 e. The Morgan fingerprint density at radius 3 is 2.27 bits per heavy atom. The number of imide groups is 2. The summed E-state index contributed by atoms with van der Waals surface area (Å²) in [6.45, 7) is -0.869. The Balaban J connectivity index is 2.12. The van der Waals surface area contributed by atoms with E-state index in [1.807, 2.05) is 5.32 Å². The van der Waals surface area contributed by atoms with Gasteiger partial charge in [-0.1, -0.05) is 0 Å². The molecule has 116 valence electrons. The number of hydrogen-bond donors (Lipinski definition) is 1. The second kappa shape index (κ2) is 5.47. The van der Waals surface area contributed by atoms with Crippen molar-refractivity contribution in [1.29, 1.82) is 0 Å². The molecular formula is C12H8F3N3O4. The van der Waals surface area contributed by atoms with Crippen LogP contribution in [0.4, 0.5) is 23.7 Å². The number of anilines is 1. The number of carbonyl (C=O) groups excluding carboxylic acids is 4. The average molecular weight is 315 g/mol. The molecule has 7 nitrogen and oxygen atoms in total. The Hall–Kier alpha value is -2.91. The maximum Gasteiger partial charge on any atom is 0.334 e. The molecule has 0 aliphatic carbocycles. The molecule has 5 amide bonds. The zero-order chi connectivity index (χ0) is 16.6. The summed E-state index contributed by atoms with van der Waals surface area (Å²) < 4.78 is 39.1. The summed E-state index contributed by atoms with van der Waals surface area (Å²) in [4.78, 5) is 46.7. The van der Waals surface area contributed by atoms with Crippen LogP contribution in [0.25, 0.3) is 0 Å². The lowest BCUT2D eigenvalue weighted by atomic mass is 10.2. The van der Waals surface area contributed by atoms with Crippen molar-refractivity contribution in [2.24, 2.45) is 0 Å². The fourth-order valence-electron chi connectivity index (χ4n) is 1.71. The number of hydrogen-bond acceptors (Lipinski definition) is 4. The highest BCUT2D eigenvalue weighted by molar-refractivity contribution is 6.44. The maximum atomic E-state index is 13.4. The number of nitrogens with one attached hydrogen (secondary N) is 1. The first-order valence-electron chi connectivity index (χ1n) is 5.81. The van der Waals surface area contributed by atoms with Crippen LogP contribution in [0, 0.1) is 17.5 Å². The van der Waals surface area contributed by atoms with Crippen LogP contribution in [0.3, 0.4) is 0 Å². The van der Waals surface area contributed by atoms with E-state index in [9.17, 15) is 32.3 Å². The molecule has 0 aromatic heterocycles. The van der Waals surface area contributed by atoms with Gasteiger partial charge in [0.2, 0.25) is 5.91 Å². The second-order valence-corrected chi connectivity index (χ2v) is 4.31. The third kappa shape index (κ3) is 2.50. The molecular weight excluding hydrogens is 307 g/mol. The van der Waals surface area contributed by atoms with Crippen molar-refractivity contribution < 1.29 is 32.3 Å². The van der Waals surface area contributed by atoms with Crippen LogP contribution in [0.5, 0.6) is 0 Å². The molecule has 10 heteroatoms. The molecule has 1 fully saturated rings. The number of benzene rings is 1. The molecule has 1 aliphatic rings. The minimum atomic E-state index is -1.78. The van der Waals surface area contributed by atoms with Crippen molar-refractivity contribution in [3.05, 3.63) is 29.6 Å². The zero-order valence-electron chi connectivity index (χ0n) is 11.0. The molecule has 0 spiro atoms. The molecule has 0 radical (unpaired) electrons. The van der Waals surface area contributed by atoms with E-state index in [0.717, 1.165) is 13.1 Å². The van der Waals surface area contributed by atoms with E-state index >= 15 is 0 Å². The lowest BCUT2D eigenvalue weighted by molar-refractivity contribution is -0.143. The van der Waals surface area contributed by atoms with Gasteiger partial charge in [0.15, 0.2) is 17.5 Å². The van der Waals surface area contributed by atoms with Gasteiger partial charge in [-0.2, -0.15) is 0 Å². The number of amides is 5. The summed E-state index contributed by atoms with van der Waals surface area (Å²) in [6, 6.07) is 0.351. The van der Waals surface area contributed by atoms with Gasteiger partial charge >= 0.3 is 17.8 Å². The van der Waals surface area contributed by atoms with Gasteiger partial charge in [0, 0.05) is 7.05 Å². The van der Waals surface area contributed by atoms with E-state index < -0.39 is 53.4 Å². The number of carbonyl (C=O) groups is 4. The highest BCUT2D eigenvalue weighted by Gasteiger charge is 2.43. The summed E-state index contributed by atoms with van der Waals surface area (Å²) in [7, 11) is 1.05. The molecule has 0 bridgehead atoms. The Bertz CT molecular complexity index is 707. The van der Waals surface area contributed by atoms with Gasteiger partial charge in [0.25, 0.3) is 0 Å². The van der Waals surface area contributed by atoms with Crippen LogP contribution >= 0.6 is 0 Å². The van der Waals surface area contributed by atoms with Crippen molar-refractivity contribution in [1.82, 2.24) is 9.80 Å². The normalized spacial score (nSPS) is 14.8. The van der Waals surface area contributed by atoms with Gasteiger partial charge in [-0.15, -0.1) is 0 Å². The lowest BCUT2D eigenvalue weighted by Crippen LogP contribution is -2.38. The van der Waals surface area contributed by atoms with Gasteiger partial charge < -0.3 is 5.32 Å². The molecule has 0 unspecified atom stereocenters. The fraction of sp³-hybridized carbons (Fsp3) is 0.167. The first-order chi connectivity index (χ1) is 10.2. The number of halogens is 3. The van der Waals surface area contributed by atoms with E-state index in [4.69, 9.17) is 0 Å². The number of rotatable bonds is 3. The van der Waals surface area contributed by atoms with Crippen molar-refractivity contribution in [2.45, 2.75) is 0 Å². The van der Waals surface area contributed by atoms with Crippen LogP contribution in [-0.4, -0.2) is 47.1 Å². The first-order valence-corrected chi connectivity index (χ1v) is 5.81. The molecule has 1 saturated heterocycles. The molecule has 1 heterocycles. The lowest BCUT2D eigenvalue weighted by Gasteiger charge is -2.13. The Morgan fingerprint density at radius 1 is 1.09 bits per heavy atom. The Kier molecular flexibility index (Phi) is 3.85. The highest BCUT2D eigenvalue weighted by Crippen LogP contribution is 2.19. The van der Waals surface area contributed by atoms with Crippen LogP contribution < -0.4 is 5.32 Å². The van der Waals surface area contributed by atoms with Crippen LogP contribution in [0.2, 0.25) is 0 Å². The van der Waals surface area contributed by atoms with Crippen molar-refractivity contribution in [3.63, 3.8) is 0 Å². The van der Waals surface area contributed by atoms with Gasteiger partial charge in [0.05, 0.1) is 5.69 Å². The Morgan fingerprint density at radius 2 is 1.73 bits per heavy atom. The first kappa shape index (κ1) is 15.5. The van der Waals surface area contributed by atoms with E-state index in [2.05, 4.69) is 0 Å². The maximum absolute atomic E-state index is 13.4. The van der Waals surface area contributed by atoms with Crippen molar-refractivity contribution in [3.8, 4) is 0 Å². The summed E-state index contributed by atoms with van der Waals surface area (Å²) in [6.07, 6.45) is 0. The van der Waals surface area contributed by atoms with Gasteiger partial charge in [-0.3, -0.25) is 19.3 Å². The summed E-state index contributed by atoms with van der Waals surface area (Å²) in [5.74, 6) is -8.23. The average Bonchev–Trinajstić information content (AvgIpc) is 2.66.